The van der Waals surface area contributed by atoms with E-state index >= 15 is 0 Å². The molecule has 3 aromatic rings. The molecule has 2 aliphatic heterocycles. The number of carbonyl (C=O) groups is 2. The first kappa shape index (κ1) is 25.3. The Kier molecular flexibility index (Phi) is 5.98. The Morgan fingerprint density at radius 3 is 2.62 bits per heavy atom. The monoisotopic (exact) mass is 539 g/mol. The molecule has 0 radical (unpaired) electrons. The molecule has 4 unspecified atom stereocenters. The highest BCUT2D eigenvalue weighted by atomic mass is 16.7. The molecule has 2 aliphatic carbocycles. The Morgan fingerprint density at radius 2 is 1.82 bits per heavy atom. The lowest BCUT2D eigenvalue weighted by molar-refractivity contribution is -0.185. The molecular formula is C33H33NO6. The van der Waals surface area contributed by atoms with Crippen LogP contribution in [0.4, 0.5) is 4.79 Å². The van der Waals surface area contributed by atoms with Crippen molar-refractivity contribution < 1.29 is 28.9 Å². The van der Waals surface area contributed by atoms with Gasteiger partial charge in [0.25, 0.3) is 0 Å². The molecule has 2 heterocycles. The van der Waals surface area contributed by atoms with Gasteiger partial charge in [-0.1, -0.05) is 60.7 Å². The van der Waals surface area contributed by atoms with Gasteiger partial charge in [-0.2, -0.15) is 0 Å². The summed E-state index contributed by atoms with van der Waals surface area (Å²) in [5.74, 6) is 0.661. The third-order valence-electron chi connectivity index (χ3n) is 9.59. The Morgan fingerprint density at radius 1 is 1.05 bits per heavy atom. The highest BCUT2D eigenvalue weighted by molar-refractivity contribution is 5.90. The lowest BCUT2D eigenvalue weighted by Crippen LogP contribution is -2.76. The van der Waals surface area contributed by atoms with E-state index in [1.165, 1.54) is 16.7 Å². The zero-order chi connectivity index (χ0) is 27.5. The SMILES string of the molecule is CN1CCC23c4c5ccc(OC(=O)OCCCc6ccc(-c7ccccc7)cc6)c4OC2C(=O)CCC3(O)C1C5. The van der Waals surface area contributed by atoms with E-state index in [1.807, 2.05) is 31.3 Å². The molecule has 7 nitrogen and oxygen atoms in total. The Bertz CT molecular complexity index is 1470. The fourth-order valence-electron chi connectivity index (χ4n) is 7.65. The van der Waals surface area contributed by atoms with Crippen molar-refractivity contribution in [3.05, 3.63) is 83.4 Å². The predicted octanol–water partition coefficient (Wildman–Crippen LogP) is 4.85. The van der Waals surface area contributed by atoms with Gasteiger partial charge in [-0.05, 0) is 74.0 Å². The molecule has 206 valence electrons. The number of hydrogen-bond donors (Lipinski definition) is 1. The Labute approximate surface area is 233 Å². The smallest absolute Gasteiger partial charge is 0.477 e. The molecule has 1 spiro atoms. The zero-order valence-corrected chi connectivity index (χ0v) is 22.6. The maximum absolute atomic E-state index is 13.1. The van der Waals surface area contributed by atoms with Crippen molar-refractivity contribution in [1.29, 1.82) is 0 Å². The van der Waals surface area contributed by atoms with Crippen LogP contribution >= 0.6 is 0 Å². The molecule has 2 bridgehead atoms. The predicted molar refractivity (Wildman–Crippen MR) is 149 cm³/mol. The van der Waals surface area contributed by atoms with Crippen molar-refractivity contribution in [3.8, 4) is 22.6 Å². The van der Waals surface area contributed by atoms with Crippen LogP contribution in [0.1, 0.15) is 42.4 Å². The van der Waals surface area contributed by atoms with Crippen LogP contribution in [0.25, 0.3) is 11.1 Å². The van der Waals surface area contributed by atoms with Gasteiger partial charge in [-0.25, -0.2) is 4.79 Å². The minimum atomic E-state index is -1.06. The number of carbonyl (C=O) groups excluding carboxylic acids is 2. The van der Waals surface area contributed by atoms with E-state index in [9.17, 15) is 14.7 Å². The van der Waals surface area contributed by atoms with Gasteiger partial charge < -0.3 is 24.2 Å². The molecule has 0 amide bonds. The molecule has 4 atom stereocenters. The van der Waals surface area contributed by atoms with Crippen LogP contribution in [0.3, 0.4) is 0 Å². The molecule has 7 heteroatoms. The second-order valence-electron chi connectivity index (χ2n) is 11.6. The summed E-state index contributed by atoms with van der Waals surface area (Å²) in [6.07, 6.45) is 1.86. The maximum Gasteiger partial charge on any atom is 0.513 e. The van der Waals surface area contributed by atoms with E-state index in [2.05, 4.69) is 41.3 Å². The summed E-state index contributed by atoms with van der Waals surface area (Å²) in [6.45, 7) is 0.986. The summed E-state index contributed by atoms with van der Waals surface area (Å²) in [5.41, 5.74) is 3.55. The molecule has 1 saturated heterocycles. The van der Waals surface area contributed by atoms with Gasteiger partial charge >= 0.3 is 6.16 Å². The van der Waals surface area contributed by atoms with Crippen LogP contribution < -0.4 is 9.47 Å². The molecule has 1 N–H and O–H groups in total. The highest BCUT2D eigenvalue weighted by Crippen LogP contribution is 2.64. The summed E-state index contributed by atoms with van der Waals surface area (Å²) in [4.78, 5) is 27.9. The average Bonchev–Trinajstić information content (AvgIpc) is 3.33. The molecular weight excluding hydrogens is 506 g/mol. The zero-order valence-electron chi connectivity index (χ0n) is 22.6. The first-order chi connectivity index (χ1) is 19.4. The van der Waals surface area contributed by atoms with Crippen molar-refractivity contribution in [2.24, 2.45) is 0 Å². The minimum absolute atomic E-state index is 0.00218. The lowest BCUT2D eigenvalue weighted by Gasteiger charge is -2.61. The van der Waals surface area contributed by atoms with Crippen LogP contribution in [0, 0.1) is 0 Å². The first-order valence-electron chi connectivity index (χ1n) is 14.2. The van der Waals surface area contributed by atoms with Crippen LogP contribution in [0.2, 0.25) is 0 Å². The third kappa shape index (κ3) is 3.71. The normalized spacial score (nSPS) is 28.0. The van der Waals surface area contributed by atoms with E-state index in [-0.39, 0.29) is 30.6 Å². The molecule has 1 saturated carbocycles. The van der Waals surface area contributed by atoms with E-state index in [0.29, 0.717) is 31.4 Å². The number of piperidine rings is 1. The number of Topliss-reactive ketones (excluding diaryl/α,β-unsaturated/α-hetero) is 1. The number of aryl methyl sites for hydroxylation is 1. The van der Waals surface area contributed by atoms with Crippen molar-refractivity contribution in [3.63, 3.8) is 0 Å². The number of likely N-dealkylation sites (N-methyl/N-ethyl adjacent to an activating group) is 1. The van der Waals surface area contributed by atoms with Crippen LogP contribution in [-0.2, 0) is 27.8 Å². The van der Waals surface area contributed by atoms with Crippen LogP contribution in [0.5, 0.6) is 11.5 Å². The second-order valence-corrected chi connectivity index (χ2v) is 11.6. The van der Waals surface area contributed by atoms with Gasteiger partial charge in [0.2, 0.25) is 0 Å². The van der Waals surface area contributed by atoms with Crippen molar-refractivity contribution in [2.45, 2.75) is 61.7 Å². The van der Waals surface area contributed by atoms with Gasteiger partial charge in [-0.15, -0.1) is 0 Å². The van der Waals surface area contributed by atoms with Gasteiger partial charge in [0.15, 0.2) is 23.4 Å². The fourth-order valence-corrected chi connectivity index (χ4v) is 7.65. The molecule has 4 aliphatic rings. The summed E-state index contributed by atoms with van der Waals surface area (Å²) < 4.78 is 17.3. The number of benzene rings is 3. The highest BCUT2D eigenvalue weighted by Gasteiger charge is 2.72. The number of rotatable bonds is 6. The van der Waals surface area contributed by atoms with Crippen molar-refractivity contribution in [2.75, 3.05) is 20.2 Å². The van der Waals surface area contributed by atoms with Gasteiger partial charge in [-0.3, -0.25) is 4.79 Å². The number of ketones is 1. The third-order valence-corrected chi connectivity index (χ3v) is 9.59. The molecule has 0 aromatic heterocycles. The summed E-state index contributed by atoms with van der Waals surface area (Å²) in [5, 5.41) is 12.1. The van der Waals surface area contributed by atoms with Gasteiger partial charge in [0.1, 0.15) is 0 Å². The molecule has 7 rings (SSSR count). The largest absolute Gasteiger partial charge is 0.513 e. The second kappa shape index (κ2) is 9.46. The van der Waals surface area contributed by atoms with E-state index in [0.717, 1.165) is 24.1 Å². The number of likely N-dealkylation sites (tertiary alicyclic amines) is 1. The molecule has 2 fully saturated rings. The number of aliphatic hydroxyl groups is 1. The Balaban J connectivity index is 1.03. The van der Waals surface area contributed by atoms with Gasteiger partial charge in [0, 0.05) is 18.0 Å². The minimum Gasteiger partial charge on any atom is -0.477 e. The van der Waals surface area contributed by atoms with Crippen LogP contribution in [0.15, 0.2) is 66.7 Å². The van der Waals surface area contributed by atoms with E-state index in [1.54, 1.807) is 6.07 Å². The number of ether oxygens (including phenoxy) is 3. The quantitative estimate of drug-likeness (QED) is 0.272. The summed E-state index contributed by atoms with van der Waals surface area (Å²) in [6, 6.07) is 22.2. The average molecular weight is 540 g/mol. The lowest BCUT2D eigenvalue weighted by atomic mass is 9.49. The maximum atomic E-state index is 13.1. The number of hydrogen-bond acceptors (Lipinski definition) is 7. The topological polar surface area (TPSA) is 85.3 Å². The first-order valence-corrected chi connectivity index (χ1v) is 14.2. The number of nitrogens with zero attached hydrogens (tertiary/aromatic N) is 1. The molecule has 40 heavy (non-hydrogen) atoms. The van der Waals surface area contributed by atoms with Crippen molar-refractivity contribution in [1.82, 2.24) is 4.90 Å². The van der Waals surface area contributed by atoms with Crippen LogP contribution in [-0.4, -0.2) is 59.9 Å². The fraction of sp³-hybridized carbons (Fsp3) is 0.394. The van der Waals surface area contributed by atoms with Gasteiger partial charge in [0.05, 0.1) is 17.6 Å². The van der Waals surface area contributed by atoms with Crippen molar-refractivity contribution >= 4 is 11.9 Å². The van der Waals surface area contributed by atoms with E-state index < -0.39 is 23.3 Å². The molecule has 3 aromatic carbocycles. The summed E-state index contributed by atoms with van der Waals surface area (Å²) >= 11 is 0. The van der Waals surface area contributed by atoms with E-state index in [4.69, 9.17) is 14.2 Å². The summed E-state index contributed by atoms with van der Waals surface area (Å²) in [7, 11) is 2.04. The standard InChI is InChI=1S/C33H33NO6/c1-34-18-17-32-28-24-13-14-26(29(28)40-30(32)25(35)15-16-33(32,37)27(34)20-24)39-31(36)38-19-5-6-21-9-11-23(12-10-21)22-7-3-2-4-8-22/h2-4,7-14,27,30,37H,5-6,15-20H2,1H3. The Hall–Kier alpha value is -3.68.